The van der Waals surface area contributed by atoms with Crippen LogP contribution in [0.4, 0.5) is 8.78 Å². The Labute approximate surface area is 113 Å². The summed E-state index contributed by atoms with van der Waals surface area (Å²) >= 11 is 5.79. The van der Waals surface area contributed by atoms with Gasteiger partial charge in [0.1, 0.15) is 5.15 Å². The highest BCUT2D eigenvalue weighted by atomic mass is 35.5. The molecule has 0 N–H and O–H groups in total. The van der Waals surface area contributed by atoms with Gasteiger partial charge in [0.15, 0.2) is 15.7 Å². The lowest BCUT2D eigenvalue weighted by atomic mass is 10.2. The Kier molecular flexibility index (Phi) is 3.69. The molecule has 0 unspecified atom stereocenters. The number of halogens is 3. The van der Waals surface area contributed by atoms with Gasteiger partial charge in [-0.05, 0) is 18.2 Å². The summed E-state index contributed by atoms with van der Waals surface area (Å²) in [7, 11) is -3.40. The molecule has 0 aliphatic carbocycles. The van der Waals surface area contributed by atoms with E-state index in [1.807, 2.05) is 0 Å². The summed E-state index contributed by atoms with van der Waals surface area (Å²) in [4.78, 5) is 7.17. The van der Waals surface area contributed by atoms with Crippen LogP contribution in [0.25, 0.3) is 10.9 Å². The molecule has 1 aromatic carbocycles. The van der Waals surface area contributed by atoms with Crippen molar-refractivity contribution < 1.29 is 17.2 Å². The normalized spacial score (nSPS) is 12.3. The molecular formula is C11H9ClF2N2O2S. The Hall–Kier alpha value is -1.34. The van der Waals surface area contributed by atoms with Gasteiger partial charge in [0.25, 0.3) is 6.43 Å². The Morgan fingerprint density at radius 1 is 1.32 bits per heavy atom. The largest absolute Gasteiger partial charge is 0.297 e. The fourth-order valence-electron chi connectivity index (χ4n) is 1.54. The maximum Gasteiger partial charge on any atom is 0.297 e. The van der Waals surface area contributed by atoms with Crippen molar-refractivity contribution >= 4 is 32.3 Å². The van der Waals surface area contributed by atoms with Gasteiger partial charge in [0.2, 0.25) is 0 Å². The molecule has 2 rings (SSSR count). The van der Waals surface area contributed by atoms with Gasteiger partial charge in [0.05, 0.1) is 16.2 Å². The Bertz CT molecular complexity index is 735. The first-order valence-corrected chi connectivity index (χ1v) is 7.36. The standard InChI is InChI=1S/C11H9ClF2N2O2S/c1-2-19(17,18)6-3-4-8-7(5-6)9(12)16-11(15-8)10(13)14/h3-5,10H,2H2,1H3. The number of nitrogens with zero attached hydrogens (tertiary/aromatic N) is 2. The van der Waals surface area contributed by atoms with E-state index in [9.17, 15) is 17.2 Å². The molecule has 0 aliphatic heterocycles. The zero-order chi connectivity index (χ0) is 14.2. The summed E-state index contributed by atoms with van der Waals surface area (Å²) in [6.07, 6.45) is -2.83. The van der Waals surface area contributed by atoms with Crippen molar-refractivity contribution in [2.24, 2.45) is 0 Å². The molecule has 0 radical (unpaired) electrons. The highest BCUT2D eigenvalue weighted by molar-refractivity contribution is 7.91. The van der Waals surface area contributed by atoms with E-state index in [4.69, 9.17) is 11.6 Å². The molecule has 2 aromatic rings. The lowest BCUT2D eigenvalue weighted by Gasteiger charge is -2.06. The molecule has 0 amide bonds. The van der Waals surface area contributed by atoms with Crippen LogP contribution in [0.5, 0.6) is 0 Å². The monoisotopic (exact) mass is 306 g/mol. The van der Waals surface area contributed by atoms with Crippen molar-refractivity contribution in [1.82, 2.24) is 9.97 Å². The van der Waals surface area contributed by atoms with E-state index in [1.165, 1.54) is 25.1 Å². The van der Waals surface area contributed by atoms with Crippen LogP contribution in [0, 0.1) is 0 Å². The first kappa shape index (κ1) is 14.1. The molecule has 0 aliphatic rings. The number of hydrogen-bond acceptors (Lipinski definition) is 4. The van der Waals surface area contributed by atoms with Crippen LogP contribution in [-0.4, -0.2) is 24.1 Å². The van der Waals surface area contributed by atoms with Crippen LogP contribution in [0.2, 0.25) is 5.15 Å². The van der Waals surface area contributed by atoms with Crippen molar-refractivity contribution in [3.05, 3.63) is 29.2 Å². The van der Waals surface area contributed by atoms with E-state index in [1.54, 1.807) is 0 Å². The first-order chi connectivity index (χ1) is 8.85. The summed E-state index contributed by atoms with van der Waals surface area (Å²) in [6.45, 7) is 1.51. The third-order valence-corrected chi connectivity index (χ3v) is 4.59. The summed E-state index contributed by atoms with van der Waals surface area (Å²) < 4.78 is 48.5. The maximum atomic E-state index is 12.5. The fourth-order valence-corrected chi connectivity index (χ4v) is 2.69. The second kappa shape index (κ2) is 4.97. The van der Waals surface area contributed by atoms with Gasteiger partial charge >= 0.3 is 0 Å². The first-order valence-electron chi connectivity index (χ1n) is 5.33. The molecule has 19 heavy (non-hydrogen) atoms. The maximum absolute atomic E-state index is 12.5. The van der Waals surface area contributed by atoms with Crippen molar-refractivity contribution in [3.8, 4) is 0 Å². The summed E-state index contributed by atoms with van der Waals surface area (Å²) in [5, 5.41) is 0.0500. The number of sulfone groups is 1. The van der Waals surface area contributed by atoms with Gasteiger partial charge < -0.3 is 0 Å². The van der Waals surface area contributed by atoms with Gasteiger partial charge in [-0.15, -0.1) is 0 Å². The number of rotatable bonds is 3. The zero-order valence-electron chi connectivity index (χ0n) is 9.77. The van der Waals surface area contributed by atoms with Gasteiger partial charge in [-0.3, -0.25) is 0 Å². The van der Waals surface area contributed by atoms with E-state index in [2.05, 4.69) is 9.97 Å². The third kappa shape index (κ3) is 2.66. The number of alkyl halides is 2. The van der Waals surface area contributed by atoms with Crippen molar-refractivity contribution in [2.75, 3.05) is 5.75 Å². The highest BCUT2D eigenvalue weighted by Crippen LogP contribution is 2.26. The minimum Gasteiger partial charge on any atom is -0.227 e. The smallest absolute Gasteiger partial charge is 0.227 e. The average molecular weight is 307 g/mol. The van der Waals surface area contributed by atoms with Crippen molar-refractivity contribution in [3.63, 3.8) is 0 Å². The van der Waals surface area contributed by atoms with E-state index < -0.39 is 22.1 Å². The lowest BCUT2D eigenvalue weighted by molar-refractivity contribution is 0.141. The van der Waals surface area contributed by atoms with E-state index in [0.717, 1.165) is 0 Å². The summed E-state index contributed by atoms with van der Waals surface area (Å²) in [5.74, 6) is -0.741. The third-order valence-electron chi connectivity index (χ3n) is 2.57. The summed E-state index contributed by atoms with van der Waals surface area (Å²) in [6, 6.07) is 3.96. The fraction of sp³-hybridized carbons (Fsp3) is 0.273. The number of hydrogen-bond donors (Lipinski definition) is 0. The van der Waals surface area contributed by atoms with Crippen LogP contribution in [-0.2, 0) is 9.84 Å². The minimum atomic E-state index is -3.40. The molecule has 0 saturated heterocycles. The van der Waals surface area contributed by atoms with E-state index in [0.29, 0.717) is 0 Å². The molecule has 1 aromatic heterocycles. The summed E-state index contributed by atoms with van der Waals surface area (Å²) in [5.41, 5.74) is 0.186. The van der Waals surface area contributed by atoms with E-state index >= 15 is 0 Å². The van der Waals surface area contributed by atoms with E-state index in [-0.39, 0.29) is 26.7 Å². The van der Waals surface area contributed by atoms with Crippen molar-refractivity contribution in [2.45, 2.75) is 18.2 Å². The van der Waals surface area contributed by atoms with Gasteiger partial charge in [-0.25, -0.2) is 27.2 Å². The molecule has 0 bridgehead atoms. The molecule has 0 fully saturated rings. The van der Waals surface area contributed by atoms with Gasteiger partial charge in [-0.1, -0.05) is 18.5 Å². The second-order valence-corrected chi connectivity index (χ2v) is 6.39. The molecule has 0 spiro atoms. The molecule has 1 heterocycles. The van der Waals surface area contributed by atoms with Crippen LogP contribution >= 0.6 is 11.6 Å². The minimum absolute atomic E-state index is 0.0634. The quantitative estimate of drug-likeness (QED) is 0.818. The van der Waals surface area contributed by atoms with Gasteiger partial charge in [0, 0.05) is 5.39 Å². The topological polar surface area (TPSA) is 59.9 Å². The predicted octanol–water partition coefficient (Wildman–Crippen LogP) is 3.01. The Morgan fingerprint density at radius 2 is 2.00 bits per heavy atom. The molecule has 102 valence electrons. The van der Waals surface area contributed by atoms with Crippen LogP contribution in [0.1, 0.15) is 19.2 Å². The average Bonchev–Trinajstić information content (AvgIpc) is 2.38. The molecule has 0 atom stereocenters. The zero-order valence-corrected chi connectivity index (χ0v) is 11.3. The molecular weight excluding hydrogens is 298 g/mol. The number of aromatic nitrogens is 2. The Balaban J connectivity index is 2.69. The van der Waals surface area contributed by atoms with Crippen LogP contribution < -0.4 is 0 Å². The SMILES string of the molecule is CCS(=O)(=O)c1ccc2nc(C(F)F)nc(Cl)c2c1. The molecule has 0 saturated carbocycles. The highest BCUT2D eigenvalue weighted by Gasteiger charge is 2.17. The molecule has 8 heteroatoms. The number of benzene rings is 1. The van der Waals surface area contributed by atoms with Crippen LogP contribution in [0.15, 0.2) is 23.1 Å². The number of fused-ring (bicyclic) bond motifs is 1. The lowest BCUT2D eigenvalue weighted by Crippen LogP contribution is -2.04. The predicted molar refractivity (Wildman–Crippen MR) is 67.2 cm³/mol. The van der Waals surface area contributed by atoms with Crippen LogP contribution in [0.3, 0.4) is 0 Å². The second-order valence-electron chi connectivity index (χ2n) is 3.76. The Morgan fingerprint density at radius 3 is 2.58 bits per heavy atom. The van der Waals surface area contributed by atoms with Crippen molar-refractivity contribution in [1.29, 1.82) is 0 Å². The molecule has 4 nitrogen and oxygen atoms in total. The van der Waals surface area contributed by atoms with Gasteiger partial charge in [-0.2, -0.15) is 0 Å².